The van der Waals surface area contributed by atoms with E-state index in [0.29, 0.717) is 17.9 Å². The van der Waals surface area contributed by atoms with Crippen LogP contribution in [-0.4, -0.2) is 38.7 Å². The number of para-hydroxylation sites is 1. The second kappa shape index (κ2) is 7.59. The number of anilines is 1. The number of rotatable bonds is 6. The van der Waals surface area contributed by atoms with Gasteiger partial charge in [-0.1, -0.05) is 12.1 Å². The summed E-state index contributed by atoms with van der Waals surface area (Å²) >= 11 is 1.52. The molecule has 2 aromatic heterocycles. The van der Waals surface area contributed by atoms with Gasteiger partial charge < -0.3 is 19.6 Å². The number of fused-ring (bicyclic) bond motifs is 2. The Morgan fingerprint density at radius 3 is 3.14 bits per heavy atom. The summed E-state index contributed by atoms with van der Waals surface area (Å²) in [5.41, 5.74) is 6.59. The normalized spacial score (nSPS) is 18.8. The van der Waals surface area contributed by atoms with Gasteiger partial charge >= 0.3 is 7.60 Å². The molecule has 0 fully saturated rings. The molecule has 1 aliphatic rings. The average molecular weight is 423 g/mol. The van der Waals surface area contributed by atoms with Crippen molar-refractivity contribution in [3.05, 3.63) is 40.4 Å². The van der Waals surface area contributed by atoms with Gasteiger partial charge in [-0.15, -0.1) is 11.8 Å². The van der Waals surface area contributed by atoms with E-state index in [9.17, 15) is 9.36 Å². The van der Waals surface area contributed by atoms with Gasteiger partial charge in [0.15, 0.2) is 17.5 Å². The quantitative estimate of drug-likeness (QED) is 0.347. The van der Waals surface area contributed by atoms with Crippen LogP contribution in [0.15, 0.2) is 34.2 Å². The first-order chi connectivity index (χ1) is 13.5. The van der Waals surface area contributed by atoms with Crippen LogP contribution < -0.4 is 15.8 Å². The summed E-state index contributed by atoms with van der Waals surface area (Å²) in [5.74, 6) is 0.601. The lowest BCUT2D eigenvalue weighted by Gasteiger charge is -2.27. The molecule has 0 aliphatic carbocycles. The van der Waals surface area contributed by atoms with E-state index >= 15 is 0 Å². The van der Waals surface area contributed by atoms with Crippen molar-refractivity contribution in [2.75, 3.05) is 24.9 Å². The Labute approximate surface area is 163 Å². The predicted molar refractivity (Wildman–Crippen MR) is 105 cm³/mol. The molecule has 0 bridgehead atoms. The van der Waals surface area contributed by atoms with Gasteiger partial charge in [-0.2, -0.15) is 4.98 Å². The number of aromatic nitrogens is 4. The highest BCUT2D eigenvalue weighted by Gasteiger charge is 2.33. The molecule has 28 heavy (non-hydrogen) atoms. The van der Waals surface area contributed by atoms with Crippen LogP contribution in [-0.2, 0) is 27.0 Å². The Morgan fingerprint density at radius 1 is 1.46 bits per heavy atom. The monoisotopic (exact) mass is 423 g/mol. The van der Waals surface area contributed by atoms with Gasteiger partial charge in [-0.25, -0.2) is 9.55 Å². The van der Waals surface area contributed by atoms with Crippen molar-refractivity contribution in [2.45, 2.75) is 18.0 Å². The number of hydrogen-bond donors (Lipinski definition) is 2. The van der Waals surface area contributed by atoms with Gasteiger partial charge in [0, 0.05) is 12.1 Å². The van der Waals surface area contributed by atoms with E-state index in [4.69, 9.17) is 19.5 Å². The lowest BCUT2D eigenvalue weighted by Crippen LogP contribution is -2.15. The second-order valence-corrected chi connectivity index (χ2v) is 8.79. The number of nitrogen functional groups attached to an aromatic ring is 1. The maximum absolute atomic E-state index is 12.9. The molecule has 1 atom stereocenters. The standard InChI is InChI=1S/C16H18N5O5PS/c1-28-11-4-2-3-10-7-25-27(23,26-13(10)11)9-24-6-5-21-8-18-12-14(21)19-16(17)20-15(12)22/h2-4,8H,5-7,9H2,1H3,(H3,17,19,20,22). The van der Waals surface area contributed by atoms with Gasteiger partial charge in [0.2, 0.25) is 5.95 Å². The molecular weight excluding hydrogens is 405 g/mol. The highest BCUT2D eigenvalue weighted by atomic mass is 32.2. The van der Waals surface area contributed by atoms with Gasteiger partial charge in [0.1, 0.15) is 5.75 Å². The number of aromatic amines is 1. The molecule has 1 aliphatic heterocycles. The fourth-order valence-electron chi connectivity index (χ4n) is 2.81. The highest BCUT2D eigenvalue weighted by molar-refractivity contribution is 7.98. The van der Waals surface area contributed by atoms with Crippen LogP contribution in [0, 0.1) is 0 Å². The van der Waals surface area contributed by atoms with Crippen molar-refractivity contribution >= 4 is 36.5 Å². The lowest BCUT2D eigenvalue weighted by molar-refractivity contribution is 0.132. The van der Waals surface area contributed by atoms with Gasteiger partial charge in [0.25, 0.3) is 5.56 Å². The van der Waals surface area contributed by atoms with E-state index in [2.05, 4.69) is 15.0 Å². The number of thioether (sulfide) groups is 1. The third-order valence-electron chi connectivity index (χ3n) is 4.15. The molecule has 12 heteroatoms. The van der Waals surface area contributed by atoms with Crippen molar-refractivity contribution in [1.29, 1.82) is 0 Å². The summed E-state index contributed by atoms with van der Waals surface area (Å²) in [5, 5.41) is 0. The van der Waals surface area contributed by atoms with E-state index in [-0.39, 0.29) is 31.0 Å². The predicted octanol–water partition coefficient (Wildman–Crippen LogP) is 2.20. The smallest absolute Gasteiger partial charge is 0.405 e. The van der Waals surface area contributed by atoms with Crippen molar-refractivity contribution in [3.8, 4) is 5.75 Å². The SMILES string of the molecule is CSc1cccc2c1OP(=O)(COCCn1cnc3c(=O)[nH]c(N)nc31)OC2. The molecule has 1 unspecified atom stereocenters. The van der Waals surface area contributed by atoms with Crippen molar-refractivity contribution in [3.63, 3.8) is 0 Å². The molecule has 4 rings (SSSR count). The zero-order chi connectivity index (χ0) is 19.7. The summed E-state index contributed by atoms with van der Waals surface area (Å²) in [6, 6.07) is 5.69. The van der Waals surface area contributed by atoms with Gasteiger partial charge in [-0.3, -0.25) is 14.3 Å². The maximum Gasteiger partial charge on any atom is 0.405 e. The summed E-state index contributed by atoms with van der Waals surface area (Å²) in [4.78, 5) is 23.2. The molecule has 3 heterocycles. The van der Waals surface area contributed by atoms with Crippen LogP contribution in [0.1, 0.15) is 5.56 Å². The Morgan fingerprint density at radius 2 is 2.32 bits per heavy atom. The van der Waals surface area contributed by atoms with Crippen LogP contribution >= 0.6 is 19.4 Å². The molecule has 1 aromatic carbocycles. The van der Waals surface area contributed by atoms with Crippen LogP contribution in [0.5, 0.6) is 5.75 Å². The minimum atomic E-state index is -3.41. The molecule has 0 radical (unpaired) electrons. The average Bonchev–Trinajstić information content (AvgIpc) is 3.08. The molecular formula is C16H18N5O5PS. The summed E-state index contributed by atoms with van der Waals surface area (Å²) in [7, 11) is -3.41. The van der Waals surface area contributed by atoms with E-state index < -0.39 is 13.2 Å². The number of benzene rings is 1. The lowest BCUT2D eigenvalue weighted by atomic mass is 10.2. The summed E-state index contributed by atoms with van der Waals surface area (Å²) in [6.07, 6.45) is 3.22. The first kappa shape index (κ1) is 19.0. The number of nitrogens with two attached hydrogens (primary N) is 1. The Bertz CT molecular complexity index is 1120. The van der Waals surface area contributed by atoms with Crippen LogP contribution in [0.25, 0.3) is 11.2 Å². The molecule has 10 nitrogen and oxygen atoms in total. The number of hydrogen-bond acceptors (Lipinski definition) is 9. The van der Waals surface area contributed by atoms with Crippen molar-refractivity contribution < 1.29 is 18.3 Å². The third-order valence-corrected chi connectivity index (χ3v) is 6.39. The van der Waals surface area contributed by atoms with Gasteiger partial charge in [-0.05, 0) is 12.3 Å². The third kappa shape index (κ3) is 3.66. The first-order valence-electron chi connectivity index (χ1n) is 8.36. The zero-order valence-electron chi connectivity index (χ0n) is 15.0. The van der Waals surface area contributed by atoms with E-state index in [0.717, 1.165) is 10.5 Å². The second-order valence-electron chi connectivity index (χ2n) is 6.02. The van der Waals surface area contributed by atoms with E-state index in [1.165, 1.54) is 18.1 Å². The number of H-pyrrole nitrogens is 1. The van der Waals surface area contributed by atoms with Gasteiger partial charge in [0.05, 0.1) is 24.4 Å². The van der Waals surface area contributed by atoms with Crippen molar-refractivity contribution in [1.82, 2.24) is 19.5 Å². The van der Waals surface area contributed by atoms with Crippen LogP contribution in [0.3, 0.4) is 0 Å². The summed E-state index contributed by atoms with van der Waals surface area (Å²) in [6.45, 7) is 0.759. The van der Waals surface area contributed by atoms with Crippen molar-refractivity contribution in [2.24, 2.45) is 0 Å². The number of ether oxygens (including phenoxy) is 1. The highest BCUT2D eigenvalue weighted by Crippen LogP contribution is 2.55. The minimum Gasteiger partial charge on any atom is -0.421 e. The number of nitrogens with zero attached hydrogens (tertiary/aromatic N) is 3. The minimum absolute atomic E-state index is 0.0110. The number of nitrogens with one attached hydrogen (secondary N) is 1. The molecule has 3 aromatic rings. The molecule has 0 amide bonds. The molecule has 0 saturated heterocycles. The summed E-state index contributed by atoms with van der Waals surface area (Å²) < 4.78 is 31.1. The Kier molecular flexibility index (Phi) is 5.15. The Hall–Kier alpha value is -2.33. The molecule has 0 saturated carbocycles. The first-order valence-corrected chi connectivity index (χ1v) is 11.3. The largest absolute Gasteiger partial charge is 0.421 e. The van der Waals surface area contributed by atoms with E-state index in [1.54, 1.807) is 4.57 Å². The Balaban J connectivity index is 1.39. The molecule has 148 valence electrons. The topological polar surface area (TPSA) is 134 Å². The van der Waals surface area contributed by atoms with E-state index in [1.807, 2.05) is 24.5 Å². The number of imidazole rings is 1. The molecule has 0 spiro atoms. The molecule has 3 N–H and O–H groups in total. The van der Waals surface area contributed by atoms with Crippen LogP contribution in [0.2, 0.25) is 0 Å². The zero-order valence-corrected chi connectivity index (χ0v) is 16.7. The fraction of sp³-hybridized carbons (Fsp3) is 0.312. The maximum atomic E-state index is 12.9. The van der Waals surface area contributed by atoms with Crippen LogP contribution in [0.4, 0.5) is 5.95 Å². The fourth-order valence-corrected chi connectivity index (χ4v) is 4.81.